The summed E-state index contributed by atoms with van der Waals surface area (Å²) in [5.74, 6) is 0.785. The molecule has 3 N–H and O–H groups in total. The molecule has 0 bridgehead atoms. The third-order valence-electron chi connectivity index (χ3n) is 3.59. The third kappa shape index (κ3) is 2.62. The maximum Gasteiger partial charge on any atom is 0.256 e. The molecule has 7 heteroatoms. The number of methoxy groups -OCH3 is 1. The highest BCUT2D eigenvalue weighted by Crippen LogP contribution is 2.41. The van der Waals surface area contributed by atoms with Gasteiger partial charge in [0.05, 0.1) is 28.2 Å². The van der Waals surface area contributed by atoms with Gasteiger partial charge in [-0.2, -0.15) is 0 Å². The van der Waals surface area contributed by atoms with Crippen LogP contribution in [0, 0.1) is 6.92 Å². The Morgan fingerprint density at radius 2 is 1.96 bits per heavy atom. The molecule has 0 saturated heterocycles. The third-order valence-corrected chi connectivity index (χ3v) is 4.45. The van der Waals surface area contributed by atoms with Crippen molar-refractivity contribution in [1.82, 2.24) is 9.97 Å². The zero-order chi connectivity index (χ0) is 16.7. The van der Waals surface area contributed by atoms with Crippen molar-refractivity contribution >= 4 is 39.9 Å². The predicted octanol–water partition coefficient (Wildman–Crippen LogP) is 3.80. The first-order valence-electron chi connectivity index (χ1n) is 6.74. The van der Waals surface area contributed by atoms with Crippen LogP contribution in [0.2, 0.25) is 10.0 Å². The van der Waals surface area contributed by atoms with Crippen LogP contribution in [0.1, 0.15) is 5.56 Å². The van der Waals surface area contributed by atoms with Gasteiger partial charge in [-0.3, -0.25) is 4.79 Å². The first-order chi connectivity index (χ1) is 10.9. The number of anilines is 1. The maximum atomic E-state index is 12.5. The van der Waals surface area contributed by atoms with Crippen molar-refractivity contribution in [2.45, 2.75) is 6.92 Å². The molecule has 0 atom stereocenters. The Hall–Kier alpha value is -2.24. The van der Waals surface area contributed by atoms with E-state index in [1.807, 2.05) is 6.92 Å². The number of nitrogens with one attached hydrogen (secondary N) is 1. The molecule has 3 rings (SSSR count). The summed E-state index contributed by atoms with van der Waals surface area (Å²) < 4.78 is 5.25. The second kappa shape index (κ2) is 5.76. The lowest BCUT2D eigenvalue weighted by Gasteiger charge is -2.13. The number of H-pyrrole nitrogens is 1. The number of nitrogens with zero attached hydrogens (tertiary/aromatic N) is 1. The largest absolute Gasteiger partial charge is 0.495 e. The van der Waals surface area contributed by atoms with Gasteiger partial charge >= 0.3 is 0 Å². The van der Waals surface area contributed by atoms with Crippen LogP contribution < -0.4 is 16.0 Å². The lowest BCUT2D eigenvalue weighted by Crippen LogP contribution is -2.10. The fourth-order valence-electron chi connectivity index (χ4n) is 2.43. The van der Waals surface area contributed by atoms with Crippen molar-refractivity contribution in [2.75, 3.05) is 12.8 Å². The number of aromatic nitrogens is 2. The van der Waals surface area contributed by atoms with E-state index in [1.54, 1.807) is 24.4 Å². The Kier molecular flexibility index (Phi) is 3.92. The van der Waals surface area contributed by atoms with E-state index in [0.29, 0.717) is 33.2 Å². The van der Waals surface area contributed by atoms with Gasteiger partial charge in [0.2, 0.25) is 0 Å². The summed E-state index contributed by atoms with van der Waals surface area (Å²) in [4.78, 5) is 19.3. The summed E-state index contributed by atoms with van der Waals surface area (Å²) in [7, 11) is 1.51. The summed E-state index contributed by atoms with van der Waals surface area (Å²) >= 11 is 12.8. The Morgan fingerprint density at radius 3 is 2.65 bits per heavy atom. The minimum Gasteiger partial charge on any atom is -0.495 e. The lowest BCUT2D eigenvalue weighted by molar-refractivity contribution is 0.415. The zero-order valence-corrected chi connectivity index (χ0v) is 13.9. The first-order valence-corrected chi connectivity index (χ1v) is 7.49. The van der Waals surface area contributed by atoms with E-state index in [9.17, 15) is 4.79 Å². The molecule has 0 spiro atoms. The van der Waals surface area contributed by atoms with Gasteiger partial charge < -0.3 is 15.5 Å². The summed E-state index contributed by atoms with van der Waals surface area (Å²) in [5.41, 5.74) is 7.46. The molecule has 0 saturated carbocycles. The molecule has 118 valence electrons. The lowest BCUT2D eigenvalue weighted by atomic mass is 10.0. The first kappa shape index (κ1) is 15.6. The van der Waals surface area contributed by atoms with Crippen LogP contribution in [-0.2, 0) is 0 Å². The number of nitrogen functional groups attached to an aromatic ring is 1. The number of benzene rings is 1. The van der Waals surface area contributed by atoms with Crippen molar-refractivity contribution < 1.29 is 4.74 Å². The molecule has 0 fully saturated rings. The number of pyridine rings is 2. The van der Waals surface area contributed by atoms with Gasteiger partial charge in [0.1, 0.15) is 11.6 Å². The molecule has 0 aliphatic heterocycles. The van der Waals surface area contributed by atoms with Crippen molar-refractivity contribution in [1.29, 1.82) is 0 Å². The second-order valence-electron chi connectivity index (χ2n) is 5.11. The molecule has 0 radical (unpaired) electrons. The van der Waals surface area contributed by atoms with Crippen molar-refractivity contribution in [3.63, 3.8) is 0 Å². The summed E-state index contributed by atoms with van der Waals surface area (Å²) in [6.45, 7) is 1.82. The number of hydrogen-bond donors (Lipinski definition) is 2. The van der Waals surface area contributed by atoms with Crippen LogP contribution in [0.5, 0.6) is 5.75 Å². The molecular formula is C16H13Cl2N3O2. The van der Waals surface area contributed by atoms with Crippen LogP contribution in [0.25, 0.3) is 22.0 Å². The molecule has 5 nitrogen and oxygen atoms in total. The molecule has 0 aliphatic carbocycles. The van der Waals surface area contributed by atoms with Gasteiger partial charge in [-0.25, -0.2) is 4.98 Å². The summed E-state index contributed by atoms with van der Waals surface area (Å²) in [6.07, 6.45) is 1.58. The van der Waals surface area contributed by atoms with Gasteiger partial charge in [0.25, 0.3) is 5.56 Å². The molecule has 2 heterocycles. The highest BCUT2D eigenvalue weighted by atomic mass is 35.5. The standard InChI is InChI=1S/C16H13Cl2N3O2/c1-7-3-11(23-2)15(18)13(14(7)17)9-4-8-6-20-12(19)5-10(8)21-16(9)22/h3-6H,1-2H3,(H2,19,20)(H,21,22). The van der Waals surface area contributed by atoms with E-state index in [0.717, 1.165) is 10.9 Å². The van der Waals surface area contributed by atoms with Crippen LogP contribution in [0.15, 0.2) is 29.2 Å². The number of halogens is 2. The van der Waals surface area contributed by atoms with E-state index in [2.05, 4.69) is 9.97 Å². The highest BCUT2D eigenvalue weighted by molar-refractivity contribution is 6.40. The Morgan fingerprint density at radius 1 is 1.22 bits per heavy atom. The number of nitrogens with two attached hydrogens (primary N) is 1. The second-order valence-corrected chi connectivity index (χ2v) is 5.86. The Balaban J connectivity index is 2.37. The Bertz CT molecular complexity index is 983. The average molecular weight is 350 g/mol. The SMILES string of the molecule is COc1cc(C)c(Cl)c(-c2cc3cnc(N)cc3[nH]c2=O)c1Cl. The van der Waals surface area contributed by atoms with Gasteiger partial charge in [0.15, 0.2) is 0 Å². The van der Waals surface area contributed by atoms with Crippen molar-refractivity contribution in [3.05, 3.63) is 50.4 Å². The van der Waals surface area contributed by atoms with Crippen molar-refractivity contribution in [2.24, 2.45) is 0 Å². The molecule has 0 amide bonds. The van der Waals surface area contributed by atoms with Gasteiger partial charge in [-0.05, 0) is 24.6 Å². The molecule has 2 aromatic heterocycles. The highest BCUT2D eigenvalue weighted by Gasteiger charge is 2.19. The fourth-order valence-corrected chi connectivity index (χ4v) is 3.05. The van der Waals surface area contributed by atoms with Crippen molar-refractivity contribution in [3.8, 4) is 16.9 Å². The van der Waals surface area contributed by atoms with E-state index in [4.69, 9.17) is 33.7 Å². The smallest absolute Gasteiger partial charge is 0.256 e. The normalized spacial score (nSPS) is 11.0. The van der Waals surface area contributed by atoms with E-state index in [1.165, 1.54) is 7.11 Å². The van der Waals surface area contributed by atoms with Gasteiger partial charge in [-0.15, -0.1) is 0 Å². The monoisotopic (exact) mass is 349 g/mol. The zero-order valence-electron chi connectivity index (χ0n) is 12.4. The average Bonchev–Trinajstić information content (AvgIpc) is 2.51. The minimum atomic E-state index is -0.320. The predicted molar refractivity (Wildman–Crippen MR) is 93.5 cm³/mol. The number of aryl methyl sites for hydroxylation is 1. The quantitative estimate of drug-likeness (QED) is 0.737. The van der Waals surface area contributed by atoms with Crippen LogP contribution >= 0.6 is 23.2 Å². The van der Waals surface area contributed by atoms with Gasteiger partial charge in [0, 0.05) is 23.2 Å². The number of hydrogen-bond acceptors (Lipinski definition) is 4. The van der Waals surface area contributed by atoms with E-state index < -0.39 is 0 Å². The summed E-state index contributed by atoms with van der Waals surface area (Å²) in [5, 5.41) is 1.42. The number of ether oxygens (including phenoxy) is 1. The Labute approximate surface area is 142 Å². The van der Waals surface area contributed by atoms with Crippen LogP contribution in [-0.4, -0.2) is 17.1 Å². The number of fused-ring (bicyclic) bond motifs is 1. The number of aromatic amines is 1. The molecular weight excluding hydrogens is 337 g/mol. The van der Waals surface area contributed by atoms with Crippen LogP contribution in [0.3, 0.4) is 0 Å². The maximum absolute atomic E-state index is 12.5. The molecule has 3 aromatic rings. The number of rotatable bonds is 2. The van der Waals surface area contributed by atoms with E-state index >= 15 is 0 Å². The molecule has 1 aromatic carbocycles. The summed E-state index contributed by atoms with van der Waals surface area (Å²) in [6, 6.07) is 5.01. The molecule has 0 aliphatic rings. The topological polar surface area (TPSA) is 81.0 Å². The van der Waals surface area contributed by atoms with Crippen LogP contribution in [0.4, 0.5) is 5.82 Å². The molecule has 23 heavy (non-hydrogen) atoms. The minimum absolute atomic E-state index is 0.288. The van der Waals surface area contributed by atoms with E-state index in [-0.39, 0.29) is 10.6 Å². The molecule has 0 unspecified atom stereocenters. The van der Waals surface area contributed by atoms with Gasteiger partial charge in [-0.1, -0.05) is 23.2 Å². The fraction of sp³-hybridized carbons (Fsp3) is 0.125.